The fourth-order valence-corrected chi connectivity index (χ4v) is 2.95. The van der Waals surface area contributed by atoms with E-state index in [1.807, 2.05) is 13.0 Å². The van der Waals surface area contributed by atoms with Gasteiger partial charge in [-0.1, -0.05) is 47.0 Å². The van der Waals surface area contributed by atoms with Gasteiger partial charge in [0.1, 0.15) is 10.8 Å². The molecule has 0 aliphatic heterocycles. The van der Waals surface area contributed by atoms with Crippen molar-refractivity contribution in [3.63, 3.8) is 0 Å². The normalized spacial score (nSPS) is 11.2. The van der Waals surface area contributed by atoms with Gasteiger partial charge in [-0.2, -0.15) is 0 Å². The van der Waals surface area contributed by atoms with Crippen LogP contribution in [0.2, 0.25) is 15.1 Å². The first-order chi connectivity index (χ1) is 7.57. The number of aromatic hydroxyl groups is 1. The highest BCUT2D eigenvalue weighted by atomic mass is 35.5. The lowest BCUT2D eigenvalue weighted by Crippen LogP contribution is -1.83. The van der Waals surface area contributed by atoms with Crippen LogP contribution in [0.15, 0.2) is 23.1 Å². The van der Waals surface area contributed by atoms with E-state index < -0.39 is 0 Å². The van der Waals surface area contributed by atoms with Gasteiger partial charge in [-0.05, 0) is 13.3 Å². The van der Waals surface area contributed by atoms with Crippen molar-refractivity contribution in [3.05, 3.63) is 33.3 Å². The molecule has 1 rings (SSSR count). The number of phenols is 1. The van der Waals surface area contributed by atoms with Crippen molar-refractivity contribution >= 4 is 46.6 Å². The van der Waals surface area contributed by atoms with Gasteiger partial charge in [0.2, 0.25) is 0 Å². The molecule has 0 fully saturated rings. The summed E-state index contributed by atoms with van der Waals surface area (Å²) < 4.78 is 0. The third-order valence-corrected chi connectivity index (χ3v) is 4.40. The summed E-state index contributed by atoms with van der Waals surface area (Å²) in [6.07, 6.45) is 5.00. The Morgan fingerprint density at radius 1 is 1.31 bits per heavy atom. The Labute approximate surface area is 114 Å². The van der Waals surface area contributed by atoms with Gasteiger partial charge in [0.15, 0.2) is 0 Å². The summed E-state index contributed by atoms with van der Waals surface area (Å²) in [6.45, 7) is 1.97. The van der Waals surface area contributed by atoms with E-state index in [1.165, 1.54) is 17.8 Å². The van der Waals surface area contributed by atoms with Crippen LogP contribution in [0.5, 0.6) is 5.75 Å². The van der Waals surface area contributed by atoms with E-state index in [9.17, 15) is 5.11 Å². The summed E-state index contributed by atoms with van der Waals surface area (Å²) in [5.74, 6) is 0.778. The van der Waals surface area contributed by atoms with Gasteiger partial charge >= 0.3 is 0 Å². The highest BCUT2D eigenvalue weighted by Crippen LogP contribution is 2.43. The summed E-state index contributed by atoms with van der Waals surface area (Å²) in [5.41, 5.74) is 0. The number of benzene rings is 1. The fourth-order valence-electron chi connectivity index (χ4n) is 1.09. The molecule has 16 heavy (non-hydrogen) atoms. The Hall–Kier alpha value is -0.0200. The minimum absolute atomic E-state index is 0.0885. The molecule has 1 aromatic carbocycles. The molecule has 0 aliphatic carbocycles. The van der Waals surface area contributed by atoms with Gasteiger partial charge in [-0.25, -0.2) is 0 Å². The minimum atomic E-state index is -0.0885. The molecule has 0 amide bonds. The summed E-state index contributed by atoms with van der Waals surface area (Å²) >= 11 is 19.3. The average molecular weight is 298 g/mol. The van der Waals surface area contributed by atoms with Gasteiger partial charge in [0, 0.05) is 16.7 Å². The summed E-state index contributed by atoms with van der Waals surface area (Å²) in [6, 6.07) is 1.41. The molecule has 0 saturated heterocycles. The molecule has 0 spiro atoms. The number of allylic oxidation sites excluding steroid dienone is 2. The van der Waals surface area contributed by atoms with Crippen molar-refractivity contribution in [2.45, 2.75) is 18.2 Å². The van der Waals surface area contributed by atoms with E-state index in [4.69, 9.17) is 34.8 Å². The van der Waals surface area contributed by atoms with Crippen LogP contribution >= 0.6 is 46.6 Å². The molecule has 0 saturated carbocycles. The van der Waals surface area contributed by atoms with Crippen molar-refractivity contribution in [3.8, 4) is 5.75 Å². The summed E-state index contributed by atoms with van der Waals surface area (Å²) in [4.78, 5) is 0.718. The molecule has 88 valence electrons. The zero-order chi connectivity index (χ0) is 12.1. The van der Waals surface area contributed by atoms with Gasteiger partial charge in [-0.3, -0.25) is 0 Å². The van der Waals surface area contributed by atoms with Gasteiger partial charge in [0.25, 0.3) is 0 Å². The van der Waals surface area contributed by atoms with Crippen molar-refractivity contribution in [2.75, 3.05) is 5.75 Å². The Kier molecular flexibility index (Phi) is 5.84. The van der Waals surface area contributed by atoms with Gasteiger partial charge < -0.3 is 5.11 Å². The standard InChI is InChI=1S/C11H11Cl3OS/c1-2-3-4-5-16-11-7(12)6-8(15)9(13)10(11)14/h2-3,6,15H,4-5H2,1H3. The second-order valence-electron chi connectivity index (χ2n) is 3.04. The molecule has 0 heterocycles. The lowest BCUT2D eigenvalue weighted by atomic mass is 10.3. The number of halogens is 3. The zero-order valence-corrected chi connectivity index (χ0v) is 11.7. The van der Waals surface area contributed by atoms with E-state index in [1.54, 1.807) is 0 Å². The Morgan fingerprint density at radius 3 is 2.62 bits per heavy atom. The Bertz CT molecular complexity index is 405. The van der Waals surface area contributed by atoms with Gasteiger partial charge in [0.05, 0.1) is 10.0 Å². The predicted octanol–water partition coefficient (Wildman–Crippen LogP) is 5.41. The predicted molar refractivity (Wildman–Crippen MR) is 73.3 cm³/mol. The molecular weight excluding hydrogens is 287 g/mol. The zero-order valence-electron chi connectivity index (χ0n) is 8.64. The topological polar surface area (TPSA) is 20.2 Å². The number of hydrogen-bond donors (Lipinski definition) is 1. The maximum absolute atomic E-state index is 9.39. The van der Waals surface area contributed by atoms with Crippen LogP contribution in [0, 0.1) is 0 Å². The lowest BCUT2D eigenvalue weighted by Gasteiger charge is -2.08. The Balaban J connectivity index is 2.83. The van der Waals surface area contributed by atoms with E-state index in [2.05, 4.69) is 6.08 Å². The van der Waals surface area contributed by atoms with Crippen molar-refractivity contribution in [1.82, 2.24) is 0 Å². The summed E-state index contributed by atoms with van der Waals surface area (Å²) in [5, 5.41) is 10.3. The van der Waals surface area contributed by atoms with Crippen LogP contribution < -0.4 is 0 Å². The number of rotatable bonds is 4. The van der Waals surface area contributed by atoms with Gasteiger partial charge in [-0.15, -0.1) is 11.8 Å². The molecule has 0 atom stereocenters. The van der Waals surface area contributed by atoms with Crippen LogP contribution in [-0.4, -0.2) is 10.9 Å². The molecular formula is C11H11Cl3OS. The maximum Gasteiger partial charge on any atom is 0.137 e. The molecule has 0 aliphatic rings. The minimum Gasteiger partial charge on any atom is -0.506 e. The van der Waals surface area contributed by atoms with Crippen molar-refractivity contribution in [2.24, 2.45) is 0 Å². The number of phenolic OH excluding ortho intramolecular Hbond substituents is 1. The smallest absolute Gasteiger partial charge is 0.137 e. The first-order valence-corrected chi connectivity index (χ1v) is 6.80. The van der Waals surface area contributed by atoms with Crippen molar-refractivity contribution < 1.29 is 5.11 Å². The molecule has 1 N–H and O–H groups in total. The fraction of sp³-hybridized carbons (Fsp3) is 0.273. The van der Waals surface area contributed by atoms with E-state index in [0.717, 1.165) is 17.1 Å². The molecule has 0 aromatic heterocycles. The van der Waals surface area contributed by atoms with Crippen LogP contribution in [0.1, 0.15) is 13.3 Å². The highest BCUT2D eigenvalue weighted by molar-refractivity contribution is 7.99. The molecule has 1 aromatic rings. The van der Waals surface area contributed by atoms with Crippen LogP contribution in [0.3, 0.4) is 0 Å². The molecule has 0 unspecified atom stereocenters. The molecule has 0 radical (unpaired) electrons. The molecule has 5 heteroatoms. The third kappa shape index (κ3) is 3.49. The SMILES string of the molecule is CC=CCCSc1c(Cl)cc(O)c(Cl)c1Cl. The van der Waals surface area contributed by atoms with E-state index in [-0.39, 0.29) is 10.8 Å². The average Bonchev–Trinajstić information content (AvgIpc) is 2.25. The lowest BCUT2D eigenvalue weighted by molar-refractivity contribution is 0.475. The monoisotopic (exact) mass is 296 g/mol. The van der Waals surface area contributed by atoms with Crippen LogP contribution in [0.4, 0.5) is 0 Å². The summed E-state index contributed by atoms with van der Waals surface area (Å²) in [7, 11) is 0. The largest absolute Gasteiger partial charge is 0.506 e. The maximum atomic E-state index is 9.39. The Morgan fingerprint density at radius 2 is 2.00 bits per heavy atom. The van der Waals surface area contributed by atoms with Crippen molar-refractivity contribution in [1.29, 1.82) is 0 Å². The van der Waals surface area contributed by atoms with Crippen LogP contribution in [-0.2, 0) is 0 Å². The second kappa shape index (κ2) is 6.65. The highest BCUT2D eigenvalue weighted by Gasteiger charge is 2.14. The van der Waals surface area contributed by atoms with E-state index in [0.29, 0.717) is 10.0 Å². The van der Waals surface area contributed by atoms with Crippen LogP contribution in [0.25, 0.3) is 0 Å². The molecule has 1 nitrogen and oxygen atoms in total. The third-order valence-electron chi connectivity index (χ3n) is 1.86. The number of hydrogen-bond acceptors (Lipinski definition) is 2. The second-order valence-corrected chi connectivity index (χ2v) is 5.31. The first-order valence-electron chi connectivity index (χ1n) is 4.68. The first kappa shape index (κ1) is 14.0. The van der Waals surface area contributed by atoms with E-state index >= 15 is 0 Å². The molecule has 0 bridgehead atoms. The quantitative estimate of drug-likeness (QED) is 0.347. The number of thioether (sulfide) groups is 1.